The van der Waals surface area contributed by atoms with Gasteiger partial charge in [0, 0.05) is 19.3 Å². The largest absolute Gasteiger partial charge is 0.489 e. The van der Waals surface area contributed by atoms with Gasteiger partial charge in [0.25, 0.3) is 0 Å². The first-order chi connectivity index (χ1) is 16.9. The van der Waals surface area contributed by atoms with E-state index in [0.29, 0.717) is 28.9 Å². The van der Waals surface area contributed by atoms with Gasteiger partial charge in [-0.25, -0.2) is 14.6 Å². The Morgan fingerprint density at radius 2 is 2.06 bits per heavy atom. The average molecular weight is 481 g/mol. The fourth-order valence-corrected chi connectivity index (χ4v) is 5.30. The van der Waals surface area contributed by atoms with Gasteiger partial charge in [-0.1, -0.05) is 5.21 Å². The van der Waals surface area contributed by atoms with Crippen molar-refractivity contribution >= 4 is 5.97 Å². The number of aliphatic carboxylic acids is 1. The molecule has 0 radical (unpaired) electrons. The first kappa shape index (κ1) is 23.0. The number of ether oxygens (including phenoxy) is 3. The monoisotopic (exact) mass is 480 g/mol. The van der Waals surface area contributed by atoms with Crippen molar-refractivity contribution in [3.8, 4) is 29.0 Å². The Morgan fingerprint density at radius 3 is 2.83 bits per heavy atom. The molecule has 3 aromatic heterocycles. The number of carboxylic acid groups (broad SMARTS) is 1. The van der Waals surface area contributed by atoms with Gasteiger partial charge in [0.2, 0.25) is 5.88 Å². The number of hydrogen-bond donors (Lipinski definition) is 1. The van der Waals surface area contributed by atoms with Gasteiger partial charge >= 0.3 is 12.0 Å². The minimum atomic E-state index is -0.679. The zero-order valence-corrected chi connectivity index (χ0v) is 19.9. The highest BCUT2D eigenvalue weighted by Gasteiger charge is 2.47. The molecule has 0 spiro atoms. The van der Waals surface area contributed by atoms with Crippen LogP contribution in [-0.2, 0) is 18.4 Å². The van der Waals surface area contributed by atoms with Crippen LogP contribution >= 0.6 is 0 Å². The van der Waals surface area contributed by atoms with Gasteiger partial charge in [-0.15, -0.1) is 5.10 Å². The smallest absolute Gasteiger partial charge is 0.320 e. The van der Waals surface area contributed by atoms with Crippen molar-refractivity contribution in [2.75, 3.05) is 7.11 Å². The van der Waals surface area contributed by atoms with Crippen LogP contribution in [-0.4, -0.2) is 54.2 Å². The number of nitrogens with zero attached hydrogens (tertiary/aromatic N) is 6. The summed E-state index contributed by atoms with van der Waals surface area (Å²) >= 11 is 0. The second-order valence-corrected chi connectivity index (χ2v) is 9.12. The number of fused-ring (bicyclic) bond motifs is 1. The van der Waals surface area contributed by atoms with Crippen molar-refractivity contribution in [2.24, 2.45) is 24.8 Å². The van der Waals surface area contributed by atoms with Crippen LogP contribution in [0, 0.1) is 24.7 Å². The Hall–Kier alpha value is -3.76. The number of methoxy groups -OCH3 is 1. The lowest BCUT2D eigenvalue weighted by atomic mass is 9.92. The molecule has 0 bridgehead atoms. The van der Waals surface area contributed by atoms with Crippen LogP contribution < -0.4 is 14.2 Å². The molecule has 3 heterocycles. The minimum absolute atomic E-state index is 0.0156. The van der Waals surface area contributed by atoms with Gasteiger partial charge in [-0.3, -0.25) is 4.79 Å². The van der Waals surface area contributed by atoms with E-state index in [4.69, 9.17) is 19.2 Å². The summed E-state index contributed by atoms with van der Waals surface area (Å²) in [6, 6.07) is 5.58. The lowest BCUT2D eigenvalue weighted by Crippen LogP contribution is -2.21. The third-order valence-corrected chi connectivity index (χ3v) is 7.06. The van der Waals surface area contributed by atoms with Crippen LogP contribution in [0.1, 0.15) is 37.1 Å². The molecule has 4 atom stereocenters. The molecule has 11 heteroatoms. The maximum absolute atomic E-state index is 11.5. The number of pyridine rings is 1. The summed E-state index contributed by atoms with van der Waals surface area (Å²) < 4.78 is 18.8. The molecule has 184 valence electrons. The van der Waals surface area contributed by atoms with Crippen molar-refractivity contribution in [2.45, 2.75) is 45.3 Å². The van der Waals surface area contributed by atoms with Crippen LogP contribution in [0.5, 0.6) is 17.6 Å². The predicted octanol–water partition coefficient (Wildman–Crippen LogP) is 2.83. The quantitative estimate of drug-likeness (QED) is 0.513. The second-order valence-electron chi connectivity index (χ2n) is 9.12. The first-order valence-corrected chi connectivity index (χ1v) is 11.7. The normalized spacial score (nSPS) is 23.2. The zero-order chi connectivity index (χ0) is 24.5. The molecule has 0 amide bonds. The lowest BCUT2D eigenvalue weighted by molar-refractivity contribution is -0.143. The fourth-order valence-electron chi connectivity index (χ4n) is 5.30. The highest BCUT2D eigenvalue weighted by molar-refractivity contribution is 5.71. The molecule has 2 saturated carbocycles. The standard InChI is InChI=1S/C24H28N6O5/c1-13-20(35-15-10-14-4-5-16(23(31)32)17(14)11-15)7-6-18(26-13)22-19(30(2)29-28-22)12-34-24-25-9-8-21(27-24)33-3/h6-9,14-17H,4-5,10-12H2,1-3H3,(H,31,32)/t14-,15-,16+,17+/m0/s1. The van der Waals surface area contributed by atoms with E-state index in [9.17, 15) is 9.90 Å². The molecule has 0 saturated heterocycles. The highest BCUT2D eigenvalue weighted by Crippen LogP contribution is 2.48. The van der Waals surface area contributed by atoms with Crippen LogP contribution in [0.25, 0.3) is 11.4 Å². The van der Waals surface area contributed by atoms with E-state index in [-0.39, 0.29) is 30.6 Å². The number of rotatable bonds is 8. The van der Waals surface area contributed by atoms with Crippen LogP contribution in [0.3, 0.4) is 0 Å². The van der Waals surface area contributed by atoms with Crippen LogP contribution in [0.4, 0.5) is 0 Å². The summed E-state index contributed by atoms with van der Waals surface area (Å²) in [6.07, 6.45) is 5.00. The topological polar surface area (TPSA) is 134 Å². The molecule has 0 aliphatic heterocycles. The van der Waals surface area contributed by atoms with Gasteiger partial charge in [0.1, 0.15) is 23.7 Å². The van der Waals surface area contributed by atoms with Gasteiger partial charge < -0.3 is 19.3 Å². The molecule has 3 aromatic rings. The molecule has 1 N–H and O–H groups in total. The van der Waals surface area contributed by atoms with Gasteiger partial charge in [-0.2, -0.15) is 4.98 Å². The summed E-state index contributed by atoms with van der Waals surface area (Å²) in [5.41, 5.74) is 2.72. The van der Waals surface area contributed by atoms with E-state index >= 15 is 0 Å². The number of hydrogen-bond acceptors (Lipinski definition) is 9. The van der Waals surface area contributed by atoms with Crippen molar-refractivity contribution in [3.63, 3.8) is 0 Å². The Morgan fingerprint density at radius 1 is 1.20 bits per heavy atom. The molecule has 2 fully saturated rings. The number of carbonyl (C=O) groups is 1. The molecular formula is C24H28N6O5. The molecule has 0 unspecified atom stereocenters. The zero-order valence-electron chi connectivity index (χ0n) is 19.9. The fraction of sp³-hybridized carbons (Fsp3) is 0.500. The predicted molar refractivity (Wildman–Crippen MR) is 123 cm³/mol. The summed E-state index contributed by atoms with van der Waals surface area (Å²) in [7, 11) is 3.31. The van der Waals surface area contributed by atoms with Crippen LogP contribution in [0.2, 0.25) is 0 Å². The molecular weight excluding hydrogens is 452 g/mol. The number of carboxylic acids is 1. The van der Waals surface area contributed by atoms with Crippen LogP contribution in [0.15, 0.2) is 24.4 Å². The van der Waals surface area contributed by atoms with E-state index in [1.165, 1.54) is 7.11 Å². The molecule has 0 aromatic carbocycles. The third kappa shape index (κ3) is 4.62. The van der Waals surface area contributed by atoms with E-state index in [1.807, 2.05) is 19.1 Å². The summed E-state index contributed by atoms with van der Waals surface area (Å²) in [5, 5.41) is 17.9. The molecule has 2 aliphatic rings. The Labute approximate surface area is 202 Å². The van der Waals surface area contributed by atoms with Gasteiger partial charge in [0.05, 0.1) is 30.5 Å². The van der Waals surface area contributed by atoms with Crippen molar-refractivity contribution < 1.29 is 24.1 Å². The minimum Gasteiger partial charge on any atom is -0.489 e. The van der Waals surface area contributed by atoms with E-state index in [0.717, 1.165) is 37.1 Å². The summed E-state index contributed by atoms with van der Waals surface area (Å²) in [6.45, 7) is 2.05. The SMILES string of the molecule is COc1ccnc(OCc2c(-c3ccc(O[C@H]4C[C@@H]5CC[C@@H](C(=O)O)[C@@H]5C4)c(C)n3)nnn2C)n1. The number of aryl methyl sites for hydroxylation is 2. The van der Waals surface area contributed by atoms with Crippen molar-refractivity contribution in [1.29, 1.82) is 0 Å². The van der Waals surface area contributed by atoms with Crippen molar-refractivity contribution in [3.05, 3.63) is 35.8 Å². The highest BCUT2D eigenvalue weighted by atomic mass is 16.5. The maximum atomic E-state index is 11.5. The van der Waals surface area contributed by atoms with E-state index < -0.39 is 5.97 Å². The van der Waals surface area contributed by atoms with Gasteiger partial charge in [0.15, 0.2) is 0 Å². The molecule has 11 nitrogen and oxygen atoms in total. The summed E-state index contributed by atoms with van der Waals surface area (Å²) in [4.78, 5) is 24.5. The van der Waals surface area contributed by atoms with Gasteiger partial charge in [-0.05, 0) is 56.6 Å². The average Bonchev–Trinajstić information content (AvgIpc) is 3.53. The molecule has 5 rings (SSSR count). The Bertz CT molecular complexity index is 1230. The first-order valence-electron chi connectivity index (χ1n) is 11.7. The lowest BCUT2D eigenvalue weighted by Gasteiger charge is -2.18. The van der Waals surface area contributed by atoms with E-state index in [2.05, 4.69) is 20.3 Å². The molecule has 2 aliphatic carbocycles. The summed E-state index contributed by atoms with van der Waals surface area (Å²) in [5.74, 6) is 0.842. The maximum Gasteiger partial charge on any atom is 0.320 e. The Balaban J connectivity index is 1.28. The third-order valence-electron chi connectivity index (χ3n) is 7.06. The second kappa shape index (κ2) is 9.47. The van der Waals surface area contributed by atoms with E-state index in [1.54, 1.807) is 24.0 Å². The van der Waals surface area contributed by atoms with Crippen molar-refractivity contribution in [1.82, 2.24) is 29.9 Å². The molecule has 35 heavy (non-hydrogen) atoms. The number of aromatic nitrogens is 6. The Kier molecular flexibility index (Phi) is 6.23.